The van der Waals surface area contributed by atoms with Gasteiger partial charge in [-0.25, -0.2) is 0 Å². The molecule has 3 nitrogen and oxygen atoms in total. The van der Waals surface area contributed by atoms with Gasteiger partial charge in [0.25, 0.3) is 0 Å². The van der Waals surface area contributed by atoms with Crippen LogP contribution in [0, 0.1) is 0 Å². The minimum atomic E-state index is 0.577. The lowest BCUT2D eigenvalue weighted by molar-refractivity contribution is 0.271. The van der Waals surface area contributed by atoms with Crippen molar-refractivity contribution in [3.63, 3.8) is 0 Å². The van der Waals surface area contributed by atoms with Crippen LogP contribution in [-0.4, -0.2) is 6.61 Å². The molecule has 0 radical (unpaired) electrons. The van der Waals surface area contributed by atoms with E-state index in [-0.39, 0.29) is 0 Å². The van der Waals surface area contributed by atoms with Crippen LogP contribution in [0.25, 0.3) is 0 Å². The Kier molecular flexibility index (Phi) is 6.29. The molecule has 0 atom stereocenters. The third kappa shape index (κ3) is 4.84. The van der Waals surface area contributed by atoms with E-state index in [9.17, 15) is 0 Å². The van der Waals surface area contributed by atoms with Gasteiger partial charge in [0, 0.05) is 22.8 Å². The van der Waals surface area contributed by atoms with Crippen LogP contribution >= 0.6 is 22.7 Å². The van der Waals surface area contributed by atoms with Crippen molar-refractivity contribution in [2.45, 2.75) is 26.6 Å². The van der Waals surface area contributed by atoms with Gasteiger partial charge >= 0.3 is 0 Å². The van der Waals surface area contributed by atoms with Crippen LogP contribution in [0.4, 0.5) is 0 Å². The minimum absolute atomic E-state index is 0.577. The first-order valence-electron chi connectivity index (χ1n) is 7.99. The summed E-state index contributed by atoms with van der Waals surface area (Å²) >= 11 is 3.47. The molecule has 1 N–H and O–H groups in total. The maximum atomic E-state index is 5.92. The van der Waals surface area contributed by atoms with Crippen molar-refractivity contribution >= 4 is 22.7 Å². The lowest BCUT2D eigenvalue weighted by Crippen LogP contribution is -2.12. The van der Waals surface area contributed by atoms with Crippen LogP contribution in [0.15, 0.2) is 53.2 Å². The van der Waals surface area contributed by atoms with Gasteiger partial charge in [0.05, 0.1) is 6.61 Å². The van der Waals surface area contributed by atoms with Crippen molar-refractivity contribution in [2.24, 2.45) is 0 Å². The van der Waals surface area contributed by atoms with Crippen LogP contribution in [0.5, 0.6) is 11.5 Å². The second-order valence-electron chi connectivity index (χ2n) is 5.27. The fourth-order valence-electron chi connectivity index (χ4n) is 2.34. The summed E-state index contributed by atoms with van der Waals surface area (Å²) in [4.78, 5) is 2.55. The average molecular weight is 360 g/mol. The molecule has 0 bridgehead atoms. The SMILES string of the molecule is CCOc1cc(CNCc2cccs2)ccc1OCc1cccs1. The standard InChI is InChI=1S/C19H21NO2S2/c1-2-21-19-11-15(12-20-13-16-5-3-9-23-16)7-8-18(19)22-14-17-6-4-10-24-17/h3-11,20H,2,12-14H2,1H3. The maximum absolute atomic E-state index is 5.92. The van der Waals surface area contributed by atoms with E-state index < -0.39 is 0 Å². The van der Waals surface area contributed by atoms with Crippen molar-refractivity contribution in [1.29, 1.82) is 0 Å². The molecule has 0 aliphatic heterocycles. The largest absolute Gasteiger partial charge is 0.490 e. The molecule has 0 saturated carbocycles. The Morgan fingerprint density at radius 2 is 1.67 bits per heavy atom. The van der Waals surface area contributed by atoms with Gasteiger partial charge in [-0.15, -0.1) is 22.7 Å². The fraction of sp³-hybridized carbons (Fsp3) is 0.263. The van der Waals surface area contributed by atoms with Gasteiger partial charge in [0.1, 0.15) is 6.61 Å². The van der Waals surface area contributed by atoms with Gasteiger partial charge in [-0.3, -0.25) is 0 Å². The number of rotatable bonds is 9. The molecule has 3 rings (SSSR count). The average Bonchev–Trinajstić information content (AvgIpc) is 3.28. The van der Waals surface area contributed by atoms with E-state index in [1.54, 1.807) is 22.7 Å². The van der Waals surface area contributed by atoms with Crippen LogP contribution in [0.2, 0.25) is 0 Å². The predicted molar refractivity (Wildman–Crippen MR) is 101 cm³/mol. The summed E-state index contributed by atoms with van der Waals surface area (Å²) in [5.74, 6) is 1.61. The summed E-state index contributed by atoms with van der Waals surface area (Å²) in [7, 11) is 0. The number of benzene rings is 1. The number of ether oxygens (including phenoxy) is 2. The highest BCUT2D eigenvalue weighted by Gasteiger charge is 2.07. The third-order valence-corrected chi connectivity index (χ3v) is 5.19. The van der Waals surface area contributed by atoms with Gasteiger partial charge in [-0.2, -0.15) is 0 Å². The molecule has 5 heteroatoms. The van der Waals surface area contributed by atoms with E-state index in [0.29, 0.717) is 13.2 Å². The molecule has 2 aromatic heterocycles. The summed E-state index contributed by atoms with van der Waals surface area (Å²) in [6.45, 7) is 4.89. The summed E-state index contributed by atoms with van der Waals surface area (Å²) in [6.07, 6.45) is 0. The summed E-state index contributed by atoms with van der Waals surface area (Å²) in [6, 6.07) is 14.5. The highest BCUT2D eigenvalue weighted by molar-refractivity contribution is 7.10. The quantitative estimate of drug-likeness (QED) is 0.578. The summed E-state index contributed by atoms with van der Waals surface area (Å²) < 4.78 is 11.7. The van der Waals surface area contributed by atoms with Crippen LogP contribution in [0.3, 0.4) is 0 Å². The van der Waals surface area contributed by atoms with Gasteiger partial charge in [-0.1, -0.05) is 18.2 Å². The molecule has 0 unspecified atom stereocenters. The maximum Gasteiger partial charge on any atom is 0.161 e. The van der Waals surface area contributed by atoms with E-state index in [2.05, 4.69) is 46.4 Å². The Morgan fingerprint density at radius 1 is 0.875 bits per heavy atom. The molecule has 3 aromatic rings. The Labute approximate surface area is 150 Å². The van der Waals surface area contributed by atoms with Gasteiger partial charge < -0.3 is 14.8 Å². The zero-order valence-electron chi connectivity index (χ0n) is 13.7. The van der Waals surface area contributed by atoms with Crippen molar-refractivity contribution < 1.29 is 9.47 Å². The summed E-state index contributed by atoms with van der Waals surface area (Å²) in [5, 5.41) is 7.62. The van der Waals surface area contributed by atoms with Crippen LogP contribution < -0.4 is 14.8 Å². The van der Waals surface area contributed by atoms with Gasteiger partial charge in [0.2, 0.25) is 0 Å². The summed E-state index contributed by atoms with van der Waals surface area (Å²) in [5.41, 5.74) is 1.19. The number of thiophene rings is 2. The van der Waals surface area contributed by atoms with E-state index in [4.69, 9.17) is 9.47 Å². The van der Waals surface area contributed by atoms with Crippen LogP contribution in [0.1, 0.15) is 22.2 Å². The van der Waals surface area contributed by atoms with Gasteiger partial charge in [0.15, 0.2) is 11.5 Å². The molecule has 0 aliphatic carbocycles. The Morgan fingerprint density at radius 3 is 2.38 bits per heavy atom. The normalized spacial score (nSPS) is 10.7. The molecular weight excluding hydrogens is 338 g/mol. The monoisotopic (exact) mass is 359 g/mol. The zero-order chi connectivity index (χ0) is 16.6. The highest BCUT2D eigenvalue weighted by atomic mass is 32.1. The van der Waals surface area contributed by atoms with E-state index in [1.165, 1.54) is 15.3 Å². The topological polar surface area (TPSA) is 30.5 Å². The van der Waals surface area contributed by atoms with Crippen LogP contribution in [-0.2, 0) is 19.7 Å². The first-order valence-corrected chi connectivity index (χ1v) is 9.75. The van der Waals surface area contributed by atoms with E-state index in [1.807, 2.05) is 19.1 Å². The van der Waals surface area contributed by atoms with Crippen molar-refractivity contribution in [3.05, 3.63) is 68.5 Å². The second kappa shape index (κ2) is 8.87. The lowest BCUT2D eigenvalue weighted by atomic mass is 10.2. The van der Waals surface area contributed by atoms with Crippen molar-refractivity contribution in [1.82, 2.24) is 5.32 Å². The second-order valence-corrected chi connectivity index (χ2v) is 7.33. The molecule has 0 fully saturated rings. The number of hydrogen-bond donors (Lipinski definition) is 1. The fourth-order valence-corrected chi connectivity index (χ4v) is 3.63. The van der Waals surface area contributed by atoms with Crippen molar-refractivity contribution in [3.8, 4) is 11.5 Å². The molecule has 0 amide bonds. The smallest absolute Gasteiger partial charge is 0.161 e. The zero-order valence-corrected chi connectivity index (χ0v) is 15.3. The number of hydrogen-bond acceptors (Lipinski definition) is 5. The lowest BCUT2D eigenvalue weighted by Gasteiger charge is -2.13. The predicted octanol–water partition coefficient (Wildman–Crippen LogP) is 5.08. The molecule has 1 aromatic carbocycles. The molecule has 0 saturated heterocycles. The Bertz CT molecular complexity index is 724. The van der Waals surface area contributed by atoms with Gasteiger partial charge in [-0.05, 0) is 47.5 Å². The molecule has 0 aliphatic rings. The highest BCUT2D eigenvalue weighted by Crippen LogP contribution is 2.29. The van der Waals surface area contributed by atoms with E-state index in [0.717, 1.165) is 24.6 Å². The molecule has 126 valence electrons. The first-order chi connectivity index (χ1) is 11.8. The van der Waals surface area contributed by atoms with Crippen molar-refractivity contribution in [2.75, 3.05) is 6.61 Å². The molecule has 0 spiro atoms. The third-order valence-electron chi connectivity index (χ3n) is 3.47. The molecular formula is C19H21NO2S2. The Hall–Kier alpha value is -1.82. The minimum Gasteiger partial charge on any atom is -0.490 e. The first kappa shape index (κ1) is 17.0. The molecule has 24 heavy (non-hydrogen) atoms. The molecule has 2 heterocycles. The Balaban J connectivity index is 1.60. The van der Waals surface area contributed by atoms with E-state index >= 15 is 0 Å². The number of nitrogens with one attached hydrogen (secondary N) is 1.